The van der Waals surface area contributed by atoms with E-state index in [1.807, 2.05) is 0 Å². The molecule has 0 bridgehead atoms. The standard InChI is InChI=1S/C21H12FN3O2/c22-14-4-1-12(2-5-14)15-8-16(18(10-24)21(25)17(15)9-23)13-3-6-19-20(7-13)27-11-26-19/h1-8H,11,25H2. The summed E-state index contributed by atoms with van der Waals surface area (Å²) in [7, 11) is 0. The largest absolute Gasteiger partial charge is 0.454 e. The Balaban J connectivity index is 1.98. The SMILES string of the molecule is N#Cc1c(-c2ccc(F)cc2)cc(-c2ccc3c(c2)OCO3)c(C#N)c1N. The van der Waals surface area contributed by atoms with Crippen LogP contribution in [-0.2, 0) is 0 Å². The molecule has 130 valence electrons. The number of nitrogen functional groups attached to an aromatic ring is 1. The van der Waals surface area contributed by atoms with Crippen molar-refractivity contribution in [1.29, 1.82) is 10.5 Å². The van der Waals surface area contributed by atoms with Crippen LogP contribution in [0.3, 0.4) is 0 Å². The fraction of sp³-hybridized carbons (Fsp3) is 0.0476. The van der Waals surface area contributed by atoms with Gasteiger partial charge in [0.1, 0.15) is 18.0 Å². The van der Waals surface area contributed by atoms with Gasteiger partial charge in [0.2, 0.25) is 6.79 Å². The van der Waals surface area contributed by atoms with E-state index >= 15 is 0 Å². The van der Waals surface area contributed by atoms with Crippen molar-refractivity contribution in [3.05, 3.63) is 65.5 Å². The number of hydrogen-bond donors (Lipinski definition) is 1. The highest BCUT2D eigenvalue weighted by atomic mass is 19.1. The van der Waals surface area contributed by atoms with Gasteiger partial charge in [0.05, 0.1) is 16.8 Å². The number of benzene rings is 3. The molecule has 0 amide bonds. The quantitative estimate of drug-likeness (QED) is 0.694. The van der Waals surface area contributed by atoms with Gasteiger partial charge in [-0.3, -0.25) is 0 Å². The van der Waals surface area contributed by atoms with Crippen LogP contribution in [0.4, 0.5) is 10.1 Å². The maximum atomic E-state index is 13.3. The summed E-state index contributed by atoms with van der Waals surface area (Å²) >= 11 is 0. The van der Waals surface area contributed by atoms with Crippen LogP contribution in [0.5, 0.6) is 11.5 Å². The predicted octanol–water partition coefficient (Wildman–Crippen LogP) is 4.21. The smallest absolute Gasteiger partial charge is 0.231 e. The third-order valence-electron chi connectivity index (χ3n) is 4.43. The number of ether oxygens (including phenoxy) is 2. The van der Waals surface area contributed by atoms with Crippen LogP contribution >= 0.6 is 0 Å². The van der Waals surface area contributed by atoms with E-state index < -0.39 is 0 Å². The lowest BCUT2D eigenvalue weighted by atomic mass is 9.89. The highest BCUT2D eigenvalue weighted by Gasteiger charge is 2.20. The second-order valence-electron chi connectivity index (χ2n) is 5.93. The Bertz CT molecular complexity index is 1140. The van der Waals surface area contributed by atoms with Gasteiger partial charge >= 0.3 is 0 Å². The molecule has 0 saturated heterocycles. The molecule has 0 spiro atoms. The molecule has 0 atom stereocenters. The van der Waals surface area contributed by atoms with E-state index in [4.69, 9.17) is 15.2 Å². The molecule has 2 N–H and O–H groups in total. The van der Waals surface area contributed by atoms with E-state index in [1.165, 1.54) is 12.1 Å². The highest BCUT2D eigenvalue weighted by molar-refractivity contribution is 5.89. The van der Waals surface area contributed by atoms with E-state index in [0.29, 0.717) is 33.8 Å². The summed E-state index contributed by atoms with van der Waals surface area (Å²) in [5.41, 5.74) is 9.05. The Hall–Kier alpha value is -4.03. The molecule has 1 heterocycles. The molecule has 0 fully saturated rings. The normalized spacial score (nSPS) is 11.7. The van der Waals surface area contributed by atoms with Gasteiger partial charge in [0.25, 0.3) is 0 Å². The number of rotatable bonds is 2. The van der Waals surface area contributed by atoms with E-state index in [9.17, 15) is 14.9 Å². The molecule has 6 heteroatoms. The van der Waals surface area contributed by atoms with Crippen molar-refractivity contribution in [3.8, 4) is 45.9 Å². The summed E-state index contributed by atoms with van der Waals surface area (Å²) in [5.74, 6) is 0.815. The van der Waals surface area contributed by atoms with Crippen LogP contribution < -0.4 is 15.2 Å². The molecule has 1 aliphatic rings. The van der Waals surface area contributed by atoms with Gasteiger partial charge in [0.15, 0.2) is 11.5 Å². The molecule has 0 saturated carbocycles. The zero-order valence-corrected chi connectivity index (χ0v) is 14.0. The van der Waals surface area contributed by atoms with Gasteiger partial charge in [-0.05, 0) is 41.5 Å². The van der Waals surface area contributed by atoms with Crippen LogP contribution in [0.1, 0.15) is 11.1 Å². The minimum absolute atomic E-state index is 0.0921. The predicted molar refractivity (Wildman–Crippen MR) is 97.2 cm³/mol. The average molecular weight is 357 g/mol. The van der Waals surface area contributed by atoms with E-state index in [2.05, 4.69) is 12.1 Å². The Morgan fingerprint density at radius 3 is 2.07 bits per heavy atom. The molecule has 0 radical (unpaired) electrons. The fourth-order valence-corrected chi connectivity index (χ4v) is 3.09. The lowest BCUT2D eigenvalue weighted by Gasteiger charge is -2.14. The number of hydrogen-bond acceptors (Lipinski definition) is 5. The fourth-order valence-electron chi connectivity index (χ4n) is 3.09. The van der Waals surface area contributed by atoms with Crippen LogP contribution in [0.25, 0.3) is 22.3 Å². The monoisotopic (exact) mass is 357 g/mol. The molecule has 3 aromatic carbocycles. The first-order valence-electron chi connectivity index (χ1n) is 8.05. The van der Waals surface area contributed by atoms with E-state index in [0.717, 1.165) is 0 Å². The number of nitrogens with zero attached hydrogens (tertiary/aromatic N) is 2. The maximum Gasteiger partial charge on any atom is 0.231 e. The Labute approximate surface area is 154 Å². The van der Waals surface area contributed by atoms with Crippen molar-refractivity contribution in [1.82, 2.24) is 0 Å². The molecule has 0 aromatic heterocycles. The molecule has 0 aliphatic carbocycles. The van der Waals surface area contributed by atoms with Gasteiger partial charge in [-0.1, -0.05) is 18.2 Å². The van der Waals surface area contributed by atoms with Gasteiger partial charge in [0, 0.05) is 11.1 Å². The van der Waals surface area contributed by atoms with Crippen LogP contribution in [0.2, 0.25) is 0 Å². The maximum absolute atomic E-state index is 13.3. The van der Waals surface area contributed by atoms with Crippen LogP contribution in [-0.4, -0.2) is 6.79 Å². The van der Waals surface area contributed by atoms with Gasteiger partial charge in [-0.15, -0.1) is 0 Å². The summed E-state index contributed by atoms with van der Waals surface area (Å²) in [6.45, 7) is 0.139. The number of anilines is 1. The molecule has 27 heavy (non-hydrogen) atoms. The molecule has 3 aromatic rings. The van der Waals surface area contributed by atoms with Gasteiger partial charge < -0.3 is 15.2 Å². The van der Waals surface area contributed by atoms with E-state index in [-0.39, 0.29) is 29.4 Å². The zero-order valence-electron chi connectivity index (χ0n) is 14.0. The first-order valence-corrected chi connectivity index (χ1v) is 8.05. The van der Waals surface area contributed by atoms with Gasteiger partial charge in [-0.25, -0.2) is 4.39 Å². The number of fused-ring (bicyclic) bond motifs is 1. The average Bonchev–Trinajstić information content (AvgIpc) is 3.15. The van der Waals surface area contributed by atoms with Crippen molar-refractivity contribution < 1.29 is 13.9 Å². The Morgan fingerprint density at radius 2 is 1.41 bits per heavy atom. The first-order chi connectivity index (χ1) is 13.1. The zero-order chi connectivity index (χ0) is 19.0. The third-order valence-corrected chi connectivity index (χ3v) is 4.43. The number of nitriles is 2. The molecular weight excluding hydrogens is 345 g/mol. The summed E-state index contributed by atoms with van der Waals surface area (Å²) in [5, 5.41) is 19.2. The van der Waals surface area contributed by atoms with E-state index in [1.54, 1.807) is 36.4 Å². The molecule has 1 aliphatic heterocycles. The van der Waals surface area contributed by atoms with Crippen LogP contribution in [0.15, 0.2) is 48.5 Å². The summed E-state index contributed by atoms with van der Waals surface area (Å²) in [6, 6.07) is 16.9. The lowest BCUT2D eigenvalue weighted by Crippen LogP contribution is -2.01. The van der Waals surface area contributed by atoms with Crippen molar-refractivity contribution >= 4 is 5.69 Å². The van der Waals surface area contributed by atoms with Crippen molar-refractivity contribution in [2.75, 3.05) is 12.5 Å². The lowest BCUT2D eigenvalue weighted by molar-refractivity contribution is 0.174. The minimum Gasteiger partial charge on any atom is -0.454 e. The summed E-state index contributed by atoms with van der Waals surface area (Å²) in [4.78, 5) is 0. The van der Waals surface area contributed by atoms with Crippen molar-refractivity contribution in [2.45, 2.75) is 0 Å². The molecular formula is C21H12FN3O2. The molecule has 4 rings (SSSR count). The second kappa shape index (κ2) is 6.36. The Kier molecular flexibility index (Phi) is 3.87. The van der Waals surface area contributed by atoms with Crippen molar-refractivity contribution in [3.63, 3.8) is 0 Å². The number of halogens is 1. The second-order valence-corrected chi connectivity index (χ2v) is 5.93. The first kappa shape index (κ1) is 16.4. The minimum atomic E-state index is -0.380. The Morgan fingerprint density at radius 1 is 0.815 bits per heavy atom. The molecule has 0 unspecified atom stereocenters. The number of nitrogens with two attached hydrogens (primary N) is 1. The van der Waals surface area contributed by atoms with Gasteiger partial charge in [-0.2, -0.15) is 10.5 Å². The topological polar surface area (TPSA) is 92.1 Å². The summed E-state index contributed by atoms with van der Waals surface area (Å²) < 4.78 is 24.0. The molecule has 5 nitrogen and oxygen atoms in total. The summed E-state index contributed by atoms with van der Waals surface area (Å²) in [6.07, 6.45) is 0. The highest BCUT2D eigenvalue weighted by Crippen LogP contribution is 2.41. The third kappa shape index (κ3) is 2.70. The van der Waals surface area contributed by atoms with Crippen LogP contribution in [0, 0.1) is 28.5 Å². The van der Waals surface area contributed by atoms with Crippen molar-refractivity contribution in [2.24, 2.45) is 0 Å².